The first-order valence-corrected chi connectivity index (χ1v) is 11.6. The summed E-state index contributed by atoms with van der Waals surface area (Å²) < 4.78 is 0. The summed E-state index contributed by atoms with van der Waals surface area (Å²) in [6.07, 6.45) is 7.61. The van der Waals surface area contributed by atoms with Crippen LogP contribution in [-0.4, -0.2) is 33.9 Å². The van der Waals surface area contributed by atoms with Crippen LogP contribution < -0.4 is 5.32 Å². The van der Waals surface area contributed by atoms with Crippen LogP contribution in [0.5, 0.6) is 0 Å². The first-order valence-electron chi connectivity index (χ1n) is 10.6. The van der Waals surface area contributed by atoms with Gasteiger partial charge in [-0.05, 0) is 56.6 Å². The van der Waals surface area contributed by atoms with Gasteiger partial charge >= 0.3 is 0 Å². The molecule has 2 aromatic rings. The molecule has 1 amide bonds. The molecule has 28 heavy (non-hydrogen) atoms. The number of thiazole rings is 1. The van der Waals surface area contributed by atoms with Crippen molar-refractivity contribution < 1.29 is 4.79 Å². The van der Waals surface area contributed by atoms with Crippen LogP contribution in [0.3, 0.4) is 0 Å². The number of nitrogens with one attached hydrogen (secondary N) is 1. The maximum absolute atomic E-state index is 13.6. The zero-order valence-electron chi connectivity index (χ0n) is 16.6. The second-order valence-electron chi connectivity index (χ2n) is 8.96. The van der Waals surface area contributed by atoms with Gasteiger partial charge in [0, 0.05) is 36.5 Å². The highest BCUT2D eigenvalue weighted by Crippen LogP contribution is 2.52. The number of carbonyl (C=O) groups excluding carboxylic acids is 1. The highest BCUT2D eigenvalue weighted by molar-refractivity contribution is 7.07. The normalized spacial score (nSPS) is 29.8. The number of aromatic nitrogens is 1. The molecule has 2 bridgehead atoms. The molecule has 1 saturated carbocycles. The quantitative estimate of drug-likeness (QED) is 0.801. The minimum Gasteiger partial charge on any atom is -0.353 e. The summed E-state index contributed by atoms with van der Waals surface area (Å²) in [6, 6.07) is 9.89. The Morgan fingerprint density at radius 2 is 2.14 bits per heavy atom. The van der Waals surface area contributed by atoms with Gasteiger partial charge in [-0.3, -0.25) is 9.69 Å². The van der Waals surface area contributed by atoms with Gasteiger partial charge in [0.1, 0.15) is 0 Å². The van der Waals surface area contributed by atoms with Gasteiger partial charge in [-0.2, -0.15) is 0 Å². The first-order chi connectivity index (χ1) is 13.7. The number of carbonyl (C=O) groups is 1. The lowest BCUT2D eigenvalue weighted by Gasteiger charge is -2.39. The summed E-state index contributed by atoms with van der Waals surface area (Å²) >= 11 is 1.63. The van der Waals surface area contributed by atoms with E-state index >= 15 is 0 Å². The van der Waals surface area contributed by atoms with E-state index in [1.54, 1.807) is 11.3 Å². The summed E-state index contributed by atoms with van der Waals surface area (Å²) in [5.74, 6) is 0.284. The van der Waals surface area contributed by atoms with E-state index < -0.39 is 0 Å². The van der Waals surface area contributed by atoms with Crippen molar-refractivity contribution in [2.45, 2.75) is 76.5 Å². The van der Waals surface area contributed by atoms with Crippen molar-refractivity contribution in [3.63, 3.8) is 0 Å². The number of hydrogen-bond donors (Lipinski definition) is 1. The molecule has 0 spiro atoms. The largest absolute Gasteiger partial charge is 0.353 e. The summed E-state index contributed by atoms with van der Waals surface area (Å²) in [5, 5.41) is 5.52. The standard InChI is InChI=1S/C23H29N3OS/c1-16-5-2-3-6-17(16)13-26-20-9-10-21(26)23(12-20,11-19-14-28-15-24-19)22(27)25-18-7-4-8-18/h2-3,5-6,14-15,18,20-21H,4,7-13H2,1H3,(H,25,27)/t20-,21+,23+/m1/s1. The Labute approximate surface area is 171 Å². The number of aryl methyl sites for hydroxylation is 1. The second kappa shape index (κ2) is 7.27. The fraction of sp³-hybridized carbons (Fsp3) is 0.565. The average molecular weight is 396 g/mol. The summed E-state index contributed by atoms with van der Waals surface area (Å²) in [4.78, 5) is 20.8. The molecular formula is C23H29N3OS. The van der Waals surface area contributed by atoms with Crippen LogP contribution in [0.25, 0.3) is 0 Å². The molecule has 5 rings (SSSR count). The van der Waals surface area contributed by atoms with E-state index in [0.717, 1.165) is 44.3 Å². The minimum atomic E-state index is -0.324. The Kier molecular flexibility index (Phi) is 4.76. The fourth-order valence-corrected chi connectivity index (χ4v) is 6.13. The predicted octanol–water partition coefficient (Wildman–Crippen LogP) is 4.09. The third kappa shape index (κ3) is 3.09. The van der Waals surface area contributed by atoms with Gasteiger partial charge in [0.25, 0.3) is 0 Å². The fourth-order valence-electron chi connectivity index (χ4n) is 5.57. The molecule has 0 unspecified atom stereocenters. The molecule has 148 valence electrons. The van der Waals surface area contributed by atoms with Gasteiger partial charge in [0.2, 0.25) is 5.91 Å². The molecule has 0 radical (unpaired) electrons. The number of rotatable bonds is 6. The van der Waals surface area contributed by atoms with Crippen molar-refractivity contribution in [1.29, 1.82) is 0 Å². The molecular weight excluding hydrogens is 366 g/mol. The maximum atomic E-state index is 13.6. The lowest BCUT2D eigenvalue weighted by atomic mass is 9.69. The Balaban J connectivity index is 1.43. The molecule has 5 heteroatoms. The predicted molar refractivity (Wildman–Crippen MR) is 112 cm³/mol. The van der Waals surface area contributed by atoms with Crippen molar-refractivity contribution in [2.24, 2.45) is 5.41 Å². The molecule has 1 aliphatic carbocycles. The maximum Gasteiger partial charge on any atom is 0.228 e. The zero-order chi connectivity index (χ0) is 19.1. The van der Waals surface area contributed by atoms with Crippen molar-refractivity contribution in [1.82, 2.24) is 15.2 Å². The van der Waals surface area contributed by atoms with E-state index in [1.165, 1.54) is 24.0 Å². The molecule has 2 aliphatic heterocycles. The Bertz CT molecular complexity index is 847. The Morgan fingerprint density at radius 1 is 1.29 bits per heavy atom. The van der Waals surface area contributed by atoms with Crippen LogP contribution in [0.4, 0.5) is 0 Å². The lowest BCUT2D eigenvalue weighted by molar-refractivity contribution is -0.134. The van der Waals surface area contributed by atoms with Gasteiger partial charge in [-0.1, -0.05) is 24.3 Å². The molecule has 4 nitrogen and oxygen atoms in total. The van der Waals surface area contributed by atoms with Crippen molar-refractivity contribution >= 4 is 17.2 Å². The molecule has 1 aromatic heterocycles. The van der Waals surface area contributed by atoms with Gasteiger partial charge in [0.15, 0.2) is 0 Å². The zero-order valence-corrected chi connectivity index (χ0v) is 17.4. The average Bonchev–Trinajstić information content (AvgIpc) is 3.36. The van der Waals surface area contributed by atoms with Crippen LogP contribution in [0.2, 0.25) is 0 Å². The number of nitrogens with zero attached hydrogens (tertiary/aromatic N) is 2. The molecule has 1 aromatic carbocycles. The van der Waals surface area contributed by atoms with Crippen LogP contribution in [-0.2, 0) is 17.8 Å². The summed E-state index contributed by atoms with van der Waals surface area (Å²) in [6.45, 7) is 3.15. The summed E-state index contributed by atoms with van der Waals surface area (Å²) in [7, 11) is 0. The van der Waals surface area contributed by atoms with E-state index in [1.807, 2.05) is 5.51 Å². The lowest BCUT2D eigenvalue weighted by Crippen LogP contribution is -2.54. The van der Waals surface area contributed by atoms with Crippen molar-refractivity contribution in [3.05, 3.63) is 52.0 Å². The third-order valence-corrected chi connectivity index (χ3v) is 8.00. The van der Waals surface area contributed by atoms with Crippen molar-refractivity contribution in [3.8, 4) is 0 Å². The highest BCUT2D eigenvalue weighted by Gasteiger charge is 2.59. The van der Waals surface area contributed by atoms with E-state index in [9.17, 15) is 4.79 Å². The van der Waals surface area contributed by atoms with E-state index in [-0.39, 0.29) is 11.3 Å². The van der Waals surface area contributed by atoms with E-state index in [0.29, 0.717) is 18.1 Å². The number of benzene rings is 1. The number of amides is 1. The molecule has 3 heterocycles. The van der Waals surface area contributed by atoms with Gasteiger partial charge in [0.05, 0.1) is 16.6 Å². The van der Waals surface area contributed by atoms with Crippen LogP contribution >= 0.6 is 11.3 Å². The molecule has 2 saturated heterocycles. The second-order valence-corrected chi connectivity index (χ2v) is 9.68. The number of fused-ring (bicyclic) bond motifs is 2. The molecule has 3 aliphatic rings. The molecule has 3 fully saturated rings. The highest BCUT2D eigenvalue weighted by atomic mass is 32.1. The Morgan fingerprint density at radius 3 is 2.86 bits per heavy atom. The van der Waals surface area contributed by atoms with Gasteiger partial charge in [-0.15, -0.1) is 11.3 Å². The number of hydrogen-bond acceptors (Lipinski definition) is 4. The Hall–Kier alpha value is -1.72. The van der Waals surface area contributed by atoms with Gasteiger partial charge < -0.3 is 5.32 Å². The minimum absolute atomic E-state index is 0.284. The van der Waals surface area contributed by atoms with E-state index in [4.69, 9.17) is 0 Å². The van der Waals surface area contributed by atoms with Crippen LogP contribution in [0, 0.1) is 12.3 Å². The van der Waals surface area contributed by atoms with Crippen LogP contribution in [0.1, 0.15) is 55.3 Å². The molecule has 1 N–H and O–H groups in total. The van der Waals surface area contributed by atoms with Crippen molar-refractivity contribution in [2.75, 3.05) is 0 Å². The first kappa shape index (κ1) is 18.3. The monoisotopic (exact) mass is 395 g/mol. The van der Waals surface area contributed by atoms with Gasteiger partial charge in [-0.25, -0.2) is 4.98 Å². The molecule has 3 atom stereocenters. The third-order valence-electron chi connectivity index (χ3n) is 7.37. The SMILES string of the molecule is Cc1ccccc1CN1[C@@H]2CC[C@H]1[C@@](Cc1cscn1)(C(=O)NC1CCC1)C2. The topological polar surface area (TPSA) is 45.2 Å². The van der Waals surface area contributed by atoms with Crippen LogP contribution in [0.15, 0.2) is 35.2 Å². The smallest absolute Gasteiger partial charge is 0.228 e. The van der Waals surface area contributed by atoms with E-state index in [2.05, 4.69) is 51.8 Å². The summed E-state index contributed by atoms with van der Waals surface area (Å²) in [5.41, 5.74) is 5.39.